The zero-order valence-corrected chi connectivity index (χ0v) is 10.3. The van der Waals surface area contributed by atoms with Crippen LogP contribution < -0.4 is 4.74 Å². The number of Topliss-reactive ketones (excluding diaryl/α,β-unsaturated/α-hetero) is 1. The van der Waals surface area contributed by atoms with Gasteiger partial charge < -0.3 is 9.30 Å². The fourth-order valence-electron chi connectivity index (χ4n) is 1.79. The molecule has 0 aliphatic heterocycles. The number of hydrogen-bond donors (Lipinski definition) is 0. The molecule has 0 aliphatic carbocycles. The van der Waals surface area contributed by atoms with Gasteiger partial charge in [0.05, 0.1) is 19.2 Å². The Morgan fingerprint density at radius 3 is 2.95 bits per heavy atom. The van der Waals surface area contributed by atoms with Crippen LogP contribution in [0.5, 0.6) is 5.75 Å². The first-order valence-electron chi connectivity index (χ1n) is 5.57. The average molecular weight is 258 g/mol. The number of carbonyl (C=O) groups excluding carboxylic acids is 1. The Morgan fingerprint density at radius 2 is 2.26 bits per heavy atom. The Bertz CT molecular complexity index is 656. The lowest BCUT2D eigenvalue weighted by molar-refractivity contribution is 0.0968. The van der Waals surface area contributed by atoms with Gasteiger partial charge in [-0.1, -0.05) is 0 Å². The third-order valence-electron chi connectivity index (χ3n) is 2.72. The lowest BCUT2D eigenvalue weighted by Gasteiger charge is -2.09. The topological polar surface area (TPSA) is 55.0 Å². The minimum atomic E-state index is -0.503. The smallest absolute Gasteiger partial charge is 0.186 e. The van der Waals surface area contributed by atoms with Crippen LogP contribution in [0.4, 0.5) is 4.39 Å². The van der Waals surface area contributed by atoms with Crippen molar-refractivity contribution in [1.82, 2.24) is 4.57 Å². The van der Waals surface area contributed by atoms with Gasteiger partial charge in [0.1, 0.15) is 23.3 Å². The van der Waals surface area contributed by atoms with E-state index in [2.05, 4.69) is 0 Å². The third-order valence-corrected chi connectivity index (χ3v) is 2.72. The zero-order valence-electron chi connectivity index (χ0n) is 10.3. The number of methoxy groups -OCH3 is 1. The Kier molecular flexibility index (Phi) is 3.62. The van der Waals surface area contributed by atoms with Gasteiger partial charge >= 0.3 is 0 Å². The number of ether oxygens (including phenoxy) is 1. The first kappa shape index (κ1) is 12.8. The third kappa shape index (κ3) is 2.63. The second kappa shape index (κ2) is 5.36. The van der Waals surface area contributed by atoms with Crippen molar-refractivity contribution in [2.24, 2.45) is 0 Å². The summed E-state index contributed by atoms with van der Waals surface area (Å²) in [5.74, 6) is -0.502. The van der Waals surface area contributed by atoms with Gasteiger partial charge in [-0.3, -0.25) is 4.79 Å². The molecule has 5 heteroatoms. The van der Waals surface area contributed by atoms with Crippen LogP contribution in [-0.2, 0) is 6.54 Å². The largest absolute Gasteiger partial charge is 0.496 e. The monoisotopic (exact) mass is 258 g/mol. The number of hydrogen-bond acceptors (Lipinski definition) is 3. The molecule has 0 saturated carbocycles. The van der Waals surface area contributed by atoms with E-state index in [0.717, 1.165) is 6.07 Å². The van der Waals surface area contributed by atoms with Crippen molar-refractivity contribution in [1.29, 1.82) is 5.26 Å². The number of halogens is 1. The van der Waals surface area contributed by atoms with E-state index in [4.69, 9.17) is 10.00 Å². The van der Waals surface area contributed by atoms with Crippen LogP contribution >= 0.6 is 0 Å². The van der Waals surface area contributed by atoms with Crippen LogP contribution in [0.2, 0.25) is 0 Å². The first-order chi connectivity index (χ1) is 9.15. The predicted octanol–water partition coefficient (Wildman–Crippen LogP) is 2.39. The number of nitrogens with zero attached hydrogens (tertiary/aromatic N) is 2. The molecule has 0 bridgehead atoms. The Morgan fingerprint density at radius 1 is 1.47 bits per heavy atom. The van der Waals surface area contributed by atoms with E-state index in [9.17, 15) is 9.18 Å². The number of carbonyl (C=O) groups is 1. The van der Waals surface area contributed by atoms with Crippen molar-refractivity contribution in [2.75, 3.05) is 7.11 Å². The number of rotatable bonds is 4. The second-order valence-electron chi connectivity index (χ2n) is 3.90. The van der Waals surface area contributed by atoms with Crippen LogP contribution in [0.15, 0.2) is 36.5 Å². The summed E-state index contributed by atoms with van der Waals surface area (Å²) in [6.45, 7) is -0.0320. The van der Waals surface area contributed by atoms with E-state index >= 15 is 0 Å². The van der Waals surface area contributed by atoms with Crippen LogP contribution in [-0.4, -0.2) is 17.5 Å². The molecular weight excluding hydrogens is 247 g/mol. The fraction of sp³-hybridized carbons (Fsp3) is 0.143. The van der Waals surface area contributed by atoms with Crippen molar-refractivity contribution >= 4 is 5.78 Å². The van der Waals surface area contributed by atoms with Gasteiger partial charge in [-0.15, -0.1) is 0 Å². The minimum absolute atomic E-state index is 0.0320. The van der Waals surface area contributed by atoms with E-state index in [1.54, 1.807) is 18.3 Å². The molecule has 0 atom stereocenters. The molecule has 0 radical (unpaired) electrons. The molecule has 19 heavy (non-hydrogen) atoms. The molecule has 1 aromatic carbocycles. The summed E-state index contributed by atoms with van der Waals surface area (Å²) >= 11 is 0. The summed E-state index contributed by atoms with van der Waals surface area (Å²) in [5, 5.41) is 8.87. The Hall–Kier alpha value is -2.61. The summed E-state index contributed by atoms with van der Waals surface area (Å²) in [6, 6.07) is 9.03. The highest BCUT2D eigenvalue weighted by Gasteiger charge is 2.14. The summed E-state index contributed by atoms with van der Waals surface area (Å²) in [4.78, 5) is 12.1. The lowest BCUT2D eigenvalue weighted by Crippen LogP contribution is -2.12. The number of benzene rings is 1. The number of aromatic nitrogens is 1. The van der Waals surface area contributed by atoms with Crippen LogP contribution in [0.25, 0.3) is 0 Å². The van der Waals surface area contributed by atoms with E-state index in [1.807, 2.05) is 6.07 Å². The number of ketones is 1. The van der Waals surface area contributed by atoms with Gasteiger partial charge in [-0.2, -0.15) is 5.26 Å². The van der Waals surface area contributed by atoms with Crippen molar-refractivity contribution < 1.29 is 13.9 Å². The summed E-state index contributed by atoms with van der Waals surface area (Å²) in [6.07, 6.45) is 1.63. The molecule has 0 amide bonds. The van der Waals surface area contributed by atoms with Crippen molar-refractivity contribution in [3.05, 3.63) is 53.6 Å². The van der Waals surface area contributed by atoms with Crippen LogP contribution in [0.1, 0.15) is 16.1 Å². The first-order valence-corrected chi connectivity index (χ1v) is 5.57. The van der Waals surface area contributed by atoms with Crippen molar-refractivity contribution in [2.45, 2.75) is 6.54 Å². The fourth-order valence-corrected chi connectivity index (χ4v) is 1.79. The molecule has 2 aromatic rings. The van der Waals surface area contributed by atoms with Crippen LogP contribution in [0, 0.1) is 17.1 Å². The van der Waals surface area contributed by atoms with Gasteiger partial charge in [0.25, 0.3) is 0 Å². The molecule has 0 spiro atoms. The molecule has 0 aliphatic rings. The van der Waals surface area contributed by atoms with Gasteiger partial charge in [0.15, 0.2) is 5.78 Å². The van der Waals surface area contributed by atoms with E-state index in [0.29, 0.717) is 11.4 Å². The maximum atomic E-state index is 13.2. The van der Waals surface area contributed by atoms with E-state index in [-0.39, 0.29) is 17.9 Å². The van der Waals surface area contributed by atoms with Gasteiger partial charge in [0.2, 0.25) is 0 Å². The van der Waals surface area contributed by atoms with Crippen molar-refractivity contribution in [3.63, 3.8) is 0 Å². The van der Waals surface area contributed by atoms with Gasteiger partial charge in [-0.25, -0.2) is 4.39 Å². The van der Waals surface area contributed by atoms with Crippen LogP contribution in [0.3, 0.4) is 0 Å². The molecule has 0 fully saturated rings. The maximum absolute atomic E-state index is 13.2. The SMILES string of the molecule is COc1ccc(F)cc1C(=O)Cn1cccc1C#N. The lowest BCUT2D eigenvalue weighted by atomic mass is 10.1. The highest BCUT2D eigenvalue weighted by atomic mass is 19.1. The molecule has 0 N–H and O–H groups in total. The molecule has 1 aromatic heterocycles. The second-order valence-corrected chi connectivity index (χ2v) is 3.90. The van der Waals surface area contributed by atoms with Gasteiger partial charge in [0, 0.05) is 6.20 Å². The predicted molar refractivity (Wildman–Crippen MR) is 66.4 cm³/mol. The summed E-state index contributed by atoms with van der Waals surface area (Å²) in [5.41, 5.74) is 0.545. The number of nitriles is 1. The normalized spacial score (nSPS) is 9.95. The molecule has 0 saturated heterocycles. The Labute approximate surface area is 109 Å². The molecular formula is C14H11FN2O2. The molecule has 96 valence electrons. The minimum Gasteiger partial charge on any atom is -0.496 e. The maximum Gasteiger partial charge on any atom is 0.186 e. The quantitative estimate of drug-likeness (QED) is 0.791. The molecule has 0 unspecified atom stereocenters. The highest BCUT2D eigenvalue weighted by Crippen LogP contribution is 2.20. The standard InChI is InChI=1S/C14H11FN2O2/c1-19-14-5-4-10(15)7-12(14)13(18)9-17-6-2-3-11(17)8-16/h2-7H,9H2,1H3. The molecule has 4 nitrogen and oxygen atoms in total. The van der Waals surface area contributed by atoms with Gasteiger partial charge in [-0.05, 0) is 30.3 Å². The highest BCUT2D eigenvalue weighted by molar-refractivity contribution is 5.98. The Balaban J connectivity index is 2.30. The van der Waals surface area contributed by atoms with Crippen molar-refractivity contribution in [3.8, 4) is 11.8 Å². The zero-order chi connectivity index (χ0) is 13.8. The molecule has 2 rings (SSSR count). The average Bonchev–Trinajstić information content (AvgIpc) is 2.85. The summed E-state index contributed by atoms with van der Waals surface area (Å²) in [7, 11) is 1.42. The summed E-state index contributed by atoms with van der Waals surface area (Å²) < 4.78 is 19.7. The molecule has 1 heterocycles. The van der Waals surface area contributed by atoms with E-state index < -0.39 is 5.82 Å². The van der Waals surface area contributed by atoms with E-state index in [1.165, 1.54) is 23.8 Å².